The van der Waals surface area contributed by atoms with Gasteiger partial charge in [0.15, 0.2) is 6.79 Å². The van der Waals surface area contributed by atoms with E-state index in [-0.39, 0.29) is 12.9 Å². The molecule has 1 fully saturated rings. The minimum Gasteiger partial charge on any atom is -0.490 e. The molecular weight excluding hydrogens is 328 g/mol. The summed E-state index contributed by atoms with van der Waals surface area (Å²) in [5.41, 5.74) is 2.19. The fourth-order valence-corrected chi connectivity index (χ4v) is 2.94. The standard InChI is InChI=1S/C22H26O4/c1-4-7-16-9-12-20-19(21(16)25-14-18-13-24-18)11-10-17(8-5-2)22(20)26-15-23-6-3/h4-5,9-12,18H,1-2,6-8,13-15H2,3H3. The van der Waals surface area contributed by atoms with Crippen LogP contribution in [0.1, 0.15) is 18.1 Å². The Bertz CT molecular complexity index is 777. The Morgan fingerprint density at radius 2 is 1.58 bits per heavy atom. The summed E-state index contributed by atoms with van der Waals surface area (Å²) in [6, 6.07) is 8.34. The minimum atomic E-state index is 0.204. The Morgan fingerprint density at radius 1 is 1.00 bits per heavy atom. The van der Waals surface area contributed by atoms with Crippen LogP contribution in [0, 0.1) is 0 Å². The number of rotatable bonds is 11. The predicted molar refractivity (Wildman–Crippen MR) is 104 cm³/mol. The van der Waals surface area contributed by atoms with E-state index >= 15 is 0 Å². The van der Waals surface area contributed by atoms with Crippen LogP contribution in [0.15, 0.2) is 49.6 Å². The second-order valence-corrected chi connectivity index (χ2v) is 6.21. The van der Waals surface area contributed by atoms with Crippen molar-refractivity contribution < 1.29 is 18.9 Å². The lowest BCUT2D eigenvalue weighted by molar-refractivity contribution is 0.0228. The molecule has 1 atom stereocenters. The fraction of sp³-hybridized carbons (Fsp3) is 0.364. The van der Waals surface area contributed by atoms with Crippen LogP contribution in [0.4, 0.5) is 0 Å². The van der Waals surface area contributed by atoms with Crippen LogP contribution in [0.25, 0.3) is 10.8 Å². The largest absolute Gasteiger partial charge is 0.490 e. The first-order chi connectivity index (χ1) is 12.8. The average molecular weight is 354 g/mol. The van der Waals surface area contributed by atoms with Gasteiger partial charge >= 0.3 is 0 Å². The highest BCUT2D eigenvalue weighted by Crippen LogP contribution is 2.38. The molecule has 2 aromatic carbocycles. The average Bonchev–Trinajstić information content (AvgIpc) is 3.47. The number of hydrogen-bond donors (Lipinski definition) is 0. The van der Waals surface area contributed by atoms with E-state index in [2.05, 4.69) is 37.4 Å². The maximum atomic E-state index is 6.13. The molecule has 0 aliphatic carbocycles. The zero-order valence-electron chi connectivity index (χ0n) is 15.3. The van der Waals surface area contributed by atoms with Crippen molar-refractivity contribution in [2.75, 3.05) is 26.6 Å². The Labute approximate surface area is 155 Å². The summed E-state index contributed by atoms with van der Waals surface area (Å²) in [5.74, 6) is 1.71. The lowest BCUT2D eigenvalue weighted by Crippen LogP contribution is -2.08. The highest BCUT2D eigenvalue weighted by Gasteiger charge is 2.24. The van der Waals surface area contributed by atoms with Gasteiger partial charge in [-0.3, -0.25) is 0 Å². The molecule has 1 saturated heterocycles. The van der Waals surface area contributed by atoms with Gasteiger partial charge in [-0.15, -0.1) is 13.2 Å². The van der Waals surface area contributed by atoms with Gasteiger partial charge in [-0.05, 0) is 30.9 Å². The third-order valence-electron chi connectivity index (χ3n) is 4.30. The first kappa shape index (κ1) is 18.5. The Balaban J connectivity index is 2.05. The number of allylic oxidation sites excluding steroid dienone is 2. The zero-order chi connectivity index (χ0) is 18.4. The fourth-order valence-electron chi connectivity index (χ4n) is 2.94. The van der Waals surface area contributed by atoms with Crippen molar-refractivity contribution in [3.05, 3.63) is 60.7 Å². The molecule has 26 heavy (non-hydrogen) atoms. The molecule has 4 nitrogen and oxygen atoms in total. The van der Waals surface area contributed by atoms with Crippen molar-refractivity contribution in [1.29, 1.82) is 0 Å². The number of ether oxygens (including phenoxy) is 4. The Hall–Kier alpha value is -2.30. The van der Waals surface area contributed by atoms with Gasteiger partial charge in [-0.1, -0.05) is 36.4 Å². The molecule has 0 N–H and O–H groups in total. The van der Waals surface area contributed by atoms with E-state index < -0.39 is 0 Å². The van der Waals surface area contributed by atoms with Crippen LogP contribution in [0.3, 0.4) is 0 Å². The van der Waals surface area contributed by atoms with E-state index in [4.69, 9.17) is 18.9 Å². The van der Waals surface area contributed by atoms with Gasteiger partial charge in [-0.25, -0.2) is 0 Å². The van der Waals surface area contributed by atoms with Gasteiger partial charge in [0.1, 0.15) is 24.2 Å². The molecule has 138 valence electrons. The maximum absolute atomic E-state index is 6.13. The van der Waals surface area contributed by atoms with Crippen LogP contribution in [-0.4, -0.2) is 32.7 Å². The molecule has 1 aliphatic heterocycles. The monoisotopic (exact) mass is 354 g/mol. The molecule has 3 rings (SSSR count). The van der Waals surface area contributed by atoms with Crippen LogP contribution in [-0.2, 0) is 22.3 Å². The molecule has 0 radical (unpaired) electrons. The van der Waals surface area contributed by atoms with Crippen molar-refractivity contribution in [2.45, 2.75) is 25.9 Å². The molecule has 0 saturated carbocycles. The summed E-state index contributed by atoms with van der Waals surface area (Å²) < 4.78 is 22.8. The highest BCUT2D eigenvalue weighted by atomic mass is 16.7. The van der Waals surface area contributed by atoms with Crippen molar-refractivity contribution in [3.63, 3.8) is 0 Å². The van der Waals surface area contributed by atoms with Crippen molar-refractivity contribution in [2.24, 2.45) is 0 Å². The molecule has 0 amide bonds. The summed E-state index contributed by atoms with van der Waals surface area (Å²) >= 11 is 0. The Morgan fingerprint density at radius 3 is 2.08 bits per heavy atom. The number of hydrogen-bond acceptors (Lipinski definition) is 4. The lowest BCUT2D eigenvalue weighted by Gasteiger charge is -2.18. The van der Waals surface area contributed by atoms with Crippen molar-refractivity contribution in [1.82, 2.24) is 0 Å². The number of benzene rings is 2. The predicted octanol–water partition coefficient (Wildman–Crippen LogP) is 4.45. The summed E-state index contributed by atoms with van der Waals surface area (Å²) in [6.45, 7) is 11.8. The normalized spacial score (nSPS) is 15.7. The molecule has 0 spiro atoms. The van der Waals surface area contributed by atoms with Crippen molar-refractivity contribution in [3.8, 4) is 11.5 Å². The van der Waals surface area contributed by atoms with Gasteiger partial charge in [0.25, 0.3) is 0 Å². The summed E-state index contributed by atoms with van der Waals surface area (Å²) in [4.78, 5) is 0. The topological polar surface area (TPSA) is 40.2 Å². The van der Waals surface area contributed by atoms with Crippen molar-refractivity contribution >= 4 is 10.8 Å². The molecule has 0 aromatic heterocycles. The molecule has 4 heteroatoms. The molecule has 2 aromatic rings. The van der Waals surface area contributed by atoms with Crippen LogP contribution in [0.5, 0.6) is 11.5 Å². The molecule has 0 bridgehead atoms. The van der Waals surface area contributed by atoms with E-state index in [0.717, 1.165) is 52.8 Å². The third-order valence-corrected chi connectivity index (χ3v) is 4.30. The minimum absolute atomic E-state index is 0.204. The maximum Gasteiger partial charge on any atom is 0.189 e. The van der Waals surface area contributed by atoms with Gasteiger partial charge < -0.3 is 18.9 Å². The van der Waals surface area contributed by atoms with Crippen LogP contribution < -0.4 is 9.47 Å². The molecule has 1 heterocycles. The SMILES string of the molecule is C=CCc1ccc2c(OCC3CO3)c(CC=C)ccc2c1OCOCC. The summed E-state index contributed by atoms with van der Waals surface area (Å²) in [7, 11) is 0. The van der Waals surface area contributed by atoms with E-state index in [9.17, 15) is 0 Å². The zero-order valence-corrected chi connectivity index (χ0v) is 15.3. The van der Waals surface area contributed by atoms with Gasteiger partial charge in [0.05, 0.1) is 6.61 Å². The van der Waals surface area contributed by atoms with E-state index in [1.54, 1.807) is 0 Å². The van der Waals surface area contributed by atoms with E-state index in [1.807, 2.05) is 19.1 Å². The van der Waals surface area contributed by atoms with Gasteiger partial charge in [0, 0.05) is 17.4 Å². The van der Waals surface area contributed by atoms with Gasteiger partial charge in [0.2, 0.25) is 0 Å². The third kappa shape index (κ3) is 4.26. The number of epoxide rings is 1. The van der Waals surface area contributed by atoms with Crippen LogP contribution in [0.2, 0.25) is 0 Å². The lowest BCUT2D eigenvalue weighted by atomic mass is 9.98. The highest BCUT2D eigenvalue weighted by molar-refractivity contribution is 5.95. The molecule has 1 aliphatic rings. The smallest absolute Gasteiger partial charge is 0.189 e. The second kappa shape index (κ2) is 8.88. The molecular formula is C22H26O4. The first-order valence-corrected chi connectivity index (χ1v) is 9.02. The van der Waals surface area contributed by atoms with E-state index in [0.29, 0.717) is 13.2 Å². The summed E-state index contributed by atoms with van der Waals surface area (Å²) in [6.07, 6.45) is 5.46. The first-order valence-electron chi connectivity index (χ1n) is 9.02. The Kier molecular flexibility index (Phi) is 6.31. The number of fused-ring (bicyclic) bond motifs is 1. The van der Waals surface area contributed by atoms with Crippen LogP contribution >= 0.6 is 0 Å². The second-order valence-electron chi connectivity index (χ2n) is 6.21. The summed E-state index contributed by atoms with van der Waals surface area (Å²) in [5, 5.41) is 2.05. The quantitative estimate of drug-likeness (QED) is 0.259. The molecule has 1 unspecified atom stereocenters. The van der Waals surface area contributed by atoms with Gasteiger partial charge in [-0.2, -0.15) is 0 Å². The van der Waals surface area contributed by atoms with E-state index in [1.165, 1.54) is 0 Å².